The lowest BCUT2D eigenvalue weighted by atomic mass is 10.1. The first-order chi connectivity index (χ1) is 13.5. The van der Waals surface area contributed by atoms with Crippen molar-refractivity contribution in [1.82, 2.24) is 0 Å². The maximum absolute atomic E-state index is 12.7. The van der Waals surface area contributed by atoms with Crippen LogP contribution in [0.2, 0.25) is 0 Å². The number of carbonyl (C=O) groups excluding carboxylic acids is 2. The van der Waals surface area contributed by atoms with Crippen LogP contribution in [0.4, 0.5) is 11.4 Å². The molecule has 0 spiro atoms. The summed E-state index contributed by atoms with van der Waals surface area (Å²) in [5, 5.41) is 10.8. The zero-order valence-corrected chi connectivity index (χ0v) is 14.9. The highest BCUT2D eigenvalue weighted by Gasteiger charge is 2.19. The molecule has 0 atom stereocenters. The van der Waals surface area contributed by atoms with E-state index < -0.39 is 16.8 Å². The molecule has 0 fully saturated rings. The lowest BCUT2D eigenvalue weighted by molar-refractivity contribution is -0.384. The highest BCUT2D eigenvalue weighted by Crippen LogP contribution is 2.29. The SMILES string of the molecule is CN(C(=O)c1ccc([N+](=O)[O-])cc1)c1ccccc1OC(=O)c1ccccc1. The maximum Gasteiger partial charge on any atom is 0.343 e. The van der Waals surface area contributed by atoms with E-state index >= 15 is 0 Å². The Bertz CT molecular complexity index is 1020. The van der Waals surface area contributed by atoms with Gasteiger partial charge in [0.2, 0.25) is 0 Å². The molecular weight excluding hydrogens is 360 g/mol. The van der Waals surface area contributed by atoms with Crippen LogP contribution >= 0.6 is 0 Å². The number of hydrogen-bond donors (Lipinski definition) is 0. The summed E-state index contributed by atoms with van der Waals surface area (Å²) in [4.78, 5) is 36.7. The minimum Gasteiger partial charge on any atom is -0.421 e. The molecule has 3 aromatic rings. The Morgan fingerprint density at radius 2 is 1.46 bits per heavy atom. The normalized spacial score (nSPS) is 10.2. The van der Waals surface area contributed by atoms with Crippen molar-refractivity contribution in [3.05, 3.63) is 100 Å². The highest BCUT2D eigenvalue weighted by molar-refractivity contribution is 6.07. The molecule has 3 rings (SSSR count). The number of anilines is 1. The van der Waals surface area contributed by atoms with E-state index in [0.29, 0.717) is 11.3 Å². The minimum atomic E-state index is -0.538. The third-order valence-electron chi connectivity index (χ3n) is 4.07. The van der Waals surface area contributed by atoms with E-state index in [1.807, 2.05) is 0 Å². The van der Waals surface area contributed by atoms with Crippen molar-refractivity contribution in [3.63, 3.8) is 0 Å². The number of ether oxygens (including phenoxy) is 1. The molecule has 0 aliphatic carbocycles. The topological polar surface area (TPSA) is 89.8 Å². The van der Waals surface area contributed by atoms with E-state index in [9.17, 15) is 19.7 Å². The molecule has 1 amide bonds. The first-order valence-electron chi connectivity index (χ1n) is 8.36. The van der Waals surface area contributed by atoms with E-state index in [1.165, 1.54) is 29.2 Å². The van der Waals surface area contributed by atoms with Crippen molar-refractivity contribution in [3.8, 4) is 5.75 Å². The third kappa shape index (κ3) is 4.04. The Kier molecular flexibility index (Phi) is 5.45. The fourth-order valence-electron chi connectivity index (χ4n) is 2.58. The Morgan fingerprint density at radius 3 is 2.11 bits per heavy atom. The molecule has 3 aromatic carbocycles. The third-order valence-corrected chi connectivity index (χ3v) is 4.07. The molecule has 0 saturated carbocycles. The van der Waals surface area contributed by atoms with Crippen LogP contribution in [0.25, 0.3) is 0 Å². The van der Waals surface area contributed by atoms with Crippen molar-refractivity contribution in [1.29, 1.82) is 0 Å². The Labute approximate surface area is 160 Å². The first-order valence-corrected chi connectivity index (χ1v) is 8.36. The molecule has 7 heteroatoms. The van der Waals surface area contributed by atoms with Crippen LogP contribution in [0.15, 0.2) is 78.9 Å². The summed E-state index contributed by atoms with van der Waals surface area (Å²) in [6.07, 6.45) is 0. The first kappa shape index (κ1) is 18.8. The van der Waals surface area contributed by atoms with Gasteiger partial charge in [-0.05, 0) is 36.4 Å². The van der Waals surface area contributed by atoms with Gasteiger partial charge in [0.05, 0.1) is 16.2 Å². The van der Waals surface area contributed by atoms with E-state index in [1.54, 1.807) is 61.6 Å². The molecule has 0 aromatic heterocycles. The number of benzene rings is 3. The summed E-state index contributed by atoms with van der Waals surface area (Å²) < 4.78 is 5.47. The van der Waals surface area contributed by atoms with Crippen LogP contribution in [0.5, 0.6) is 5.75 Å². The van der Waals surface area contributed by atoms with Gasteiger partial charge in [0.1, 0.15) is 0 Å². The van der Waals surface area contributed by atoms with Crippen LogP contribution in [0.1, 0.15) is 20.7 Å². The summed E-state index contributed by atoms with van der Waals surface area (Å²) in [5.74, 6) is -0.698. The minimum absolute atomic E-state index is 0.101. The van der Waals surface area contributed by atoms with Gasteiger partial charge in [0.25, 0.3) is 11.6 Å². The second kappa shape index (κ2) is 8.13. The lowest BCUT2D eigenvalue weighted by Crippen LogP contribution is -2.27. The number of rotatable bonds is 5. The molecule has 140 valence electrons. The molecule has 0 heterocycles. The van der Waals surface area contributed by atoms with Crippen molar-refractivity contribution in [2.24, 2.45) is 0 Å². The largest absolute Gasteiger partial charge is 0.421 e. The fourth-order valence-corrected chi connectivity index (χ4v) is 2.58. The number of para-hydroxylation sites is 2. The van der Waals surface area contributed by atoms with Gasteiger partial charge in [-0.2, -0.15) is 0 Å². The summed E-state index contributed by atoms with van der Waals surface area (Å²) >= 11 is 0. The van der Waals surface area contributed by atoms with Crippen molar-refractivity contribution >= 4 is 23.3 Å². The standard InChI is InChI=1S/C21H16N2O5/c1-22(20(24)15-11-13-17(14-12-15)23(26)27)18-9-5-6-10-19(18)28-21(25)16-7-3-2-4-8-16/h2-14H,1H3. The summed E-state index contributed by atoms with van der Waals surface area (Å²) in [5.41, 5.74) is 0.963. The van der Waals surface area contributed by atoms with Gasteiger partial charge in [-0.15, -0.1) is 0 Å². The number of amides is 1. The Hall–Kier alpha value is -4.00. The van der Waals surface area contributed by atoms with E-state index in [0.717, 1.165) is 0 Å². The monoisotopic (exact) mass is 376 g/mol. The summed E-state index contributed by atoms with van der Waals surface area (Å²) in [7, 11) is 1.54. The number of nitrogens with zero attached hydrogens (tertiary/aromatic N) is 2. The molecule has 0 bridgehead atoms. The van der Waals surface area contributed by atoms with Crippen LogP contribution < -0.4 is 9.64 Å². The zero-order valence-electron chi connectivity index (χ0n) is 14.9. The second-order valence-corrected chi connectivity index (χ2v) is 5.89. The molecule has 0 saturated heterocycles. The fraction of sp³-hybridized carbons (Fsp3) is 0.0476. The van der Waals surface area contributed by atoms with E-state index in [2.05, 4.69) is 0 Å². The number of nitro benzene ring substituents is 1. The average Bonchev–Trinajstić information content (AvgIpc) is 2.73. The van der Waals surface area contributed by atoms with Gasteiger partial charge >= 0.3 is 5.97 Å². The van der Waals surface area contributed by atoms with E-state index in [-0.39, 0.29) is 17.0 Å². The predicted octanol–water partition coefficient (Wildman–Crippen LogP) is 4.09. The molecule has 0 radical (unpaired) electrons. The number of hydrogen-bond acceptors (Lipinski definition) is 5. The Morgan fingerprint density at radius 1 is 0.857 bits per heavy atom. The molecule has 0 N–H and O–H groups in total. The summed E-state index contributed by atoms with van der Waals surface area (Å²) in [6.45, 7) is 0. The van der Waals surface area contributed by atoms with Crippen molar-refractivity contribution < 1.29 is 19.2 Å². The summed E-state index contributed by atoms with van der Waals surface area (Å²) in [6, 6.07) is 20.5. The van der Waals surface area contributed by atoms with Crippen LogP contribution in [-0.4, -0.2) is 23.8 Å². The van der Waals surface area contributed by atoms with Crippen molar-refractivity contribution in [2.75, 3.05) is 11.9 Å². The predicted molar refractivity (Wildman–Crippen MR) is 104 cm³/mol. The average molecular weight is 376 g/mol. The molecule has 28 heavy (non-hydrogen) atoms. The van der Waals surface area contributed by atoms with Gasteiger partial charge < -0.3 is 9.64 Å². The number of nitro groups is 1. The molecule has 7 nitrogen and oxygen atoms in total. The van der Waals surface area contributed by atoms with Gasteiger partial charge in [-0.3, -0.25) is 14.9 Å². The molecule has 0 aliphatic rings. The number of non-ortho nitro benzene ring substituents is 1. The smallest absolute Gasteiger partial charge is 0.343 e. The number of carbonyl (C=O) groups is 2. The van der Waals surface area contributed by atoms with Gasteiger partial charge in [0.15, 0.2) is 5.75 Å². The zero-order chi connectivity index (χ0) is 20.1. The maximum atomic E-state index is 12.7. The molecule has 0 aliphatic heterocycles. The highest BCUT2D eigenvalue weighted by atomic mass is 16.6. The van der Waals surface area contributed by atoms with Gasteiger partial charge in [0, 0.05) is 24.7 Å². The van der Waals surface area contributed by atoms with Crippen LogP contribution in [0.3, 0.4) is 0 Å². The van der Waals surface area contributed by atoms with Crippen molar-refractivity contribution in [2.45, 2.75) is 0 Å². The molecule has 0 unspecified atom stereocenters. The van der Waals surface area contributed by atoms with Crippen LogP contribution in [-0.2, 0) is 0 Å². The number of esters is 1. The molecular formula is C21H16N2O5. The Balaban J connectivity index is 1.84. The van der Waals surface area contributed by atoms with E-state index in [4.69, 9.17) is 4.74 Å². The van der Waals surface area contributed by atoms with Gasteiger partial charge in [-0.25, -0.2) is 4.79 Å². The lowest BCUT2D eigenvalue weighted by Gasteiger charge is -2.20. The van der Waals surface area contributed by atoms with Gasteiger partial charge in [-0.1, -0.05) is 30.3 Å². The van der Waals surface area contributed by atoms with Crippen LogP contribution in [0, 0.1) is 10.1 Å². The quantitative estimate of drug-likeness (QED) is 0.290. The second-order valence-electron chi connectivity index (χ2n) is 5.89.